The molecule has 1 heterocycles. The maximum absolute atomic E-state index is 12.3. The first-order valence-corrected chi connectivity index (χ1v) is 9.84. The summed E-state index contributed by atoms with van der Waals surface area (Å²) in [6.45, 7) is 6.02. The molecule has 1 atom stereocenters. The van der Waals surface area contributed by atoms with Crippen molar-refractivity contribution in [2.45, 2.75) is 32.0 Å². The Kier molecular flexibility index (Phi) is 6.13. The molecule has 0 bridgehead atoms. The van der Waals surface area contributed by atoms with Gasteiger partial charge in [0.15, 0.2) is 0 Å². The van der Waals surface area contributed by atoms with Crippen LogP contribution in [0.15, 0.2) is 47.6 Å². The predicted octanol–water partition coefficient (Wildman–Crippen LogP) is 3.90. The maximum atomic E-state index is 12.3. The highest BCUT2D eigenvalue weighted by molar-refractivity contribution is 7.99. The molecule has 3 rings (SSSR count). The molecule has 0 saturated heterocycles. The molecule has 140 valence electrons. The smallest absolute Gasteiger partial charge is 0.230 e. The standard InChI is InChI=1S/C19H20ClN5OS/c1-12-7-8-17(9-13(12)2)25-19(22-23-24-25)27-11-18(26)21-14(3)15-5-4-6-16(20)10-15/h4-10,14H,11H2,1-3H3,(H,21,26)/t14-/m1/s1. The van der Waals surface area contributed by atoms with Crippen molar-refractivity contribution in [3.63, 3.8) is 0 Å². The van der Waals surface area contributed by atoms with Crippen molar-refractivity contribution < 1.29 is 4.79 Å². The molecule has 0 unspecified atom stereocenters. The van der Waals surface area contributed by atoms with Crippen LogP contribution in [0.5, 0.6) is 0 Å². The monoisotopic (exact) mass is 401 g/mol. The van der Waals surface area contributed by atoms with Gasteiger partial charge in [-0.15, -0.1) is 5.10 Å². The van der Waals surface area contributed by atoms with E-state index in [2.05, 4.69) is 27.8 Å². The van der Waals surface area contributed by atoms with Gasteiger partial charge >= 0.3 is 0 Å². The number of thioether (sulfide) groups is 1. The number of rotatable bonds is 6. The maximum Gasteiger partial charge on any atom is 0.230 e. The molecule has 0 aliphatic heterocycles. The second kappa shape index (κ2) is 8.54. The SMILES string of the molecule is Cc1ccc(-n2nnnc2SCC(=O)N[C@H](C)c2cccc(Cl)c2)cc1C. The molecular weight excluding hydrogens is 382 g/mol. The number of benzene rings is 2. The molecule has 6 nitrogen and oxygen atoms in total. The highest BCUT2D eigenvalue weighted by Gasteiger charge is 2.14. The van der Waals surface area contributed by atoms with Gasteiger partial charge in [-0.05, 0) is 72.2 Å². The van der Waals surface area contributed by atoms with Crippen molar-refractivity contribution in [3.8, 4) is 5.69 Å². The first-order valence-electron chi connectivity index (χ1n) is 8.47. The minimum Gasteiger partial charge on any atom is -0.349 e. The summed E-state index contributed by atoms with van der Waals surface area (Å²) in [7, 11) is 0. The van der Waals surface area contributed by atoms with E-state index in [1.165, 1.54) is 17.3 Å². The van der Waals surface area contributed by atoms with Gasteiger partial charge in [0.1, 0.15) is 0 Å². The van der Waals surface area contributed by atoms with Crippen LogP contribution >= 0.6 is 23.4 Å². The number of nitrogens with one attached hydrogen (secondary N) is 1. The van der Waals surface area contributed by atoms with E-state index in [-0.39, 0.29) is 17.7 Å². The second-order valence-electron chi connectivity index (χ2n) is 6.27. The molecule has 8 heteroatoms. The molecule has 0 aliphatic carbocycles. The number of tetrazole rings is 1. The van der Waals surface area contributed by atoms with Gasteiger partial charge in [-0.25, -0.2) is 0 Å². The van der Waals surface area contributed by atoms with Gasteiger partial charge in [0.05, 0.1) is 17.5 Å². The number of carbonyl (C=O) groups is 1. The van der Waals surface area contributed by atoms with Crippen LogP contribution in [0.25, 0.3) is 5.69 Å². The van der Waals surface area contributed by atoms with Crippen LogP contribution in [0.2, 0.25) is 5.02 Å². The van der Waals surface area contributed by atoms with Gasteiger partial charge in [-0.1, -0.05) is 41.6 Å². The van der Waals surface area contributed by atoms with Crippen LogP contribution < -0.4 is 5.32 Å². The number of hydrogen-bond acceptors (Lipinski definition) is 5. The van der Waals surface area contributed by atoms with Gasteiger partial charge in [0.2, 0.25) is 11.1 Å². The highest BCUT2D eigenvalue weighted by Crippen LogP contribution is 2.21. The predicted molar refractivity (Wildman–Crippen MR) is 107 cm³/mol. The van der Waals surface area contributed by atoms with Gasteiger partial charge in [0, 0.05) is 5.02 Å². The van der Waals surface area contributed by atoms with Crippen LogP contribution in [0.4, 0.5) is 0 Å². The lowest BCUT2D eigenvalue weighted by molar-refractivity contribution is -0.119. The molecule has 1 amide bonds. The largest absolute Gasteiger partial charge is 0.349 e. The molecule has 0 aliphatic rings. The van der Waals surface area contributed by atoms with Gasteiger partial charge in [-0.3, -0.25) is 4.79 Å². The molecule has 0 fully saturated rings. The molecule has 2 aromatic carbocycles. The van der Waals surface area contributed by atoms with E-state index >= 15 is 0 Å². The van der Waals surface area contributed by atoms with Crippen molar-refractivity contribution in [2.75, 3.05) is 5.75 Å². The van der Waals surface area contributed by atoms with E-state index in [0.29, 0.717) is 10.2 Å². The van der Waals surface area contributed by atoms with Crippen LogP contribution in [-0.2, 0) is 4.79 Å². The summed E-state index contributed by atoms with van der Waals surface area (Å²) in [5.74, 6) is 0.123. The molecule has 0 radical (unpaired) electrons. The average Bonchev–Trinajstić information content (AvgIpc) is 3.11. The van der Waals surface area contributed by atoms with Crippen molar-refractivity contribution in [1.82, 2.24) is 25.5 Å². The van der Waals surface area contributed by atoms with Crippen LogP contribution in [0.3, 0.4) is 0 Å². The van der Waals surface area contributed by atoms with E-state index in [4.69, 9.17) is 11.6 Å². The Morgan fingerprint density at radius 3 is 2.78 bits per heavy atom. The summed E-state index contributed by atoms with van der Waals surface area (Å²) in [5, 5.41) is 16.0. The van der Waals surface area contributed by atoms with E-state index < -0.39 is 0 Å². The molecule has 1 N–H and O–H groups in total. The van der Waals surface area contributed by atoms with Crippen molar-refractivity contribution in [2.24, 2.45) is 0 Å². The fourth-order valence-corrected chi connectivity index (χ4v) is 3.46. The van der Waals surface area contributed by atoms with Crippen LogP contribution in [-0.4, -0.2) is 31.9 Å². The molecular formula is C19H20ClN5OS. The zero-order chi connectivity index (χ0) is 19.4. The number of amides is 1. The number of nitrogens with zero attached hydrogens (tertiary/aromatic N) is 4. The van der Waals surface area contributed by atoms with Gasteiger partial charge in [-0.2, -0.15) is 4.68 Å². The van der Waals surface area contributed by atoms with E-state index in [1.807, 2.05) is 56.3 Å². The third-order valence-corrected chi connectivity index (χ3v) is 5.39. The highest BCUT2D eigenvalue weighted by atomic mass is 35.5. The Morgan fingerprint density at radius 1 is 1.22 bits per heavy atom. The summed E-state index contributed by atoms with van der Waals surface area (Å²) in [4.78, 5) is 12.3. The lowest BCUT2D eigenvalue weighted by atomic mass is 10.1. The number of halogens is 1. The minimum atomic E-state index is -0.132. The van der Waals surface area contributed by atoms with Crippen LogP contribution in [0.1, 0.15) is 29.7 Å². The number of hydrogen-bond donors (Lipinski definition) is 1. The summed E-state index contributed by atoms with van der Waals surface area (Å²) >= 11 is 7.30. The van der Waals surface area contributed by atoms with E-state index in [9.17, 15) is 4.79 Å². The Labute approximate surface area is 167 Å². The fourth-order valence-electron chi connectivity index (χ4n) is 2.56. The first kappa shape index (κ1) is 19.4. The van der Waals surface area contributed by atoms with Crippen molar-refractivity contribution in [3.05, 3.63) is 64.2 Å². The summed E-state index contributed by atoms with van der Waals surface area (Å²) in [6, 6.07) is 13.3. The Morgan fingerprint density at radius 2 is 2.04 bits per heavy atom. The summed E-state index contributed by atoms with van der Waals surface area (Å²) in [6.07, 6.45) is 0. The summed E-state index contributed by atoms with van der Waals surface area (Å²) in [5.41, 5.74) is 4.20. The Bertz CT molecular complexity index is 959. The van der Waals surface area contributed by atoms with Gasteiger partial charge in [0.25, 0.3) is 0 Å². The number of aromatic nitrogens is 4. The van der Waals surface area contributed by atoms with Crippen LogP contribution in [0, 0.1) is 13.8 Å². The number of aryl methyl sites for hydroxylation is 2. The molecule has 0 saturated carbocycles. The normalized spacial score (nSPS) is 12.0. The first-order chi connectivity index (χ1) is 12.9. The minimum absolute atomic E-state index is 0.0953. The lowest BCUT2D eigenvalue weighted by Crippen LogP contribution is -2.28. The van der Waals surface area contributed by atoms with Crippen molar-refractivity contribution in [1.29, 1.82) is 0 Å². The van der Waals surface area contributed by atoms with E-state index in [1.54, 1.807) is 4.68 Å². The number of carbonyl (C=O) groups excluding carboxylic acids is 1. The fraction of sp³-hybridized carbons (Fsp3) is 0.263. The van der Waals surface area contributed by atoms with Gasteiger partial charge < -0.3 is 5.32 Å². The second-order valence-corrected chi connectivity index (χ2v) is 7.65. The lowest BCUT2D eigenvalue weighted by Gasteiger charge is -2.14. The third-order valence-electron chi connectivity index (χ3n) is 4.23. The average molecular weight is 402 g/mol. The zero-order valence-corrected chi connectivity index (χ0v) is 16.9. The third kappa shape index (κ3) is 4.87. The molecule has 27 heavy (non-hydrogen) atoms. The molecule has 1 aromatic heterocycles. The Balaban J connectivity index is 1.63. The molecule has 3 aromatic rings. The zero-order valence-electron chi connectivity index (χ0n) is 15.3. The molecule has 0 spiro atoms. The topological polar surface area (TPSA) is 72.7 Å². The Hall–Kier alpha value is -2.38. The summed E-state index contributed by atoms with van der Waals surface area (Å²) < 4.78 is 1.64. The van der Waals surface area contributed by atoms with E-state index in [0.717, 1.165) is 16.8 Å². The van der Waals surface area contributed by atoms with Crippen molar-refractivity contribution >= 4 is 29.3 Å². The quantitative estimate of drug-likeness (QED) is 0.634.